The van der Waals surface area contributed by atoms with Crippen LogP contribution < -0.4 is 11.1 Å². The van der Waals surface area contributed by atoms with Gasteiger partial charge >= 0.3 is 0 Å². The fourth-order valence-corrected chi connectivity index (χ4v) is 1.22. The molecule has 1 heterocycles. The van der Waals surface area contributed by atoms with Crippen LogP contribution in [0.1, 0.15) is 32.4 Å². The maximum absolute atomic E-state index is 11.7. The van der Waals surface area contributed by atoms with Gasteiger partial charge in [0.2, 0.25) is 5.91 Å². The highest BCUT2D eigenvalue weighted by atomic mass is 16.2. The number of nitrogens with two attached hydrogens (primary N) is 1. The molecule has 0 bridgehead atoms. The highest BCUT2D eigenvalue weighted by Gasteiger charge is 2.17. The largest absolute Gasteiger partial charge is 0.382 e. The Morgan fingerprint density at radius 2 is 2.13 bits per heavy atom. The Kier molecular flexibility index (Phi) is 3.34. The zero-order valence-corrected chi connectivity index (χ0v) is 9.61. The molecule has 5 nitrogen and oxygen atoms in total. The molecule has 0 fully saturated rings. The SMILES string of the molecule is Cc1cn(C(C)C(=O)NC(C)C)nc1N. The van der Waals surface area contributed by atoms with Crippen LogP contribution in [0.5, 0.6) is 0 Å². The van der Waals surface area contributed by atoms with Crippen molar-refractivity contribution in [3.8, 4) is 0 Å². The second-order valence-electron chi connectivity index (χ2n) is 4.02. The molecule has 1 aromatic rings. The lowest BCUT2D eigenvalue weighted by atomic mass is 10.3. The standard InChI is InChI=1S/C10H18N4O/c1-6(2)12-10(15)8(4)14-5-7(3)9(11)13-14/h5-6,8H,1-4H3,(H2,11,13)(H,12,15). The Balaban J connectivity index is 2.76. The molecule has 0 saturated carbocycles. The third kappa shape index (κ3) is 2.71. The van der Waals surface area contributed by atoms with Crippen molar-refractivity contribution < 1.29 is 4.79 Å². The average Bonchev–Trinajstić information content (AvgIpc) is 2.44. The van der Waals surface area contributed by atoms with E-state index in [0.717, 1.165) is 5.56 Å². The Morgan fingerprint density at radius 1 is 1.53 bits per heavy atom. The van der Waals surface area contributed by atoms with Crippen LogP contribution in [0.15, 0.2) is 6.20 Å². The van der Waals surface area contributed by atoms with E-state index in [1.54, 1.807) is 17.8 Å². The molecular weight excluding hydrogens is 192 g/mol. The van der Waals surface area contributed by atoms with Gasteiger partial charge in [0, 0.05) is 17.8 Å². The van der Waals surface area contributed by atoms with Gasteiger partial charge in [0.05, 0.1) is 0 Å². The number of hydrogen-bond acceptors (Lipinski definition) is 3. The number of aromatic nitrogens is 2. The van der Waals surface area contributed by atoms with Crippen molar-refractivity contribution in [2.45, 2.75) is 39.8 Å². The minimum absolute atomic E-state index is 0.0486. The van der Waals surface area contributed by atoms with Gasteiger partial charge in [-0.1, -0.05) is 0 Å². The first-order valence-corrected chi connectivity index (χ1v) is 5.03. The van der Waals surface area contributed by atoms with Crippen LogP contribution in [0.4, 0.5) is 5.82 Å². The minimum Gasteiger partial charge on any atom is -0.382 e. The lowest BCUT2D eigenvalue weighted by Crippen LogP contribution is -2.35. The van der Waals surface area contributed by atoms with Crippen molar-refractivity contribution >= 4 is 11.7 Å². The van der Waals surface area contributed by atoms with Gasteiger partial charge in [-0.3, -0.25) is 9.48 Å². The molecule has 1 atom stereocenters. The second kappa shape index (κ2) is 4.33. The molecule has 3 N–H and O–H groups in total. The van der Waals surface area contributed by atoms with Crippen LogP contribution in [0.3, 0.4) is 0 Å². The molecule has 0 aliphatic heterocycles. The van der Waals surface area contributed by atoms with Crippen molar-refractivity contribution in [3.63, 3.8) is 0 Å². The molecule has 1 rings (SSSR count). The third-order valence-corrected chi connectivity index (χ3v) is 2.16. The Morgan fingerprint density at radius 3 is 2.53 bits per heavy atom. The molecule has 5 heteroatoms. The number of hydrogen-bond donors (Lipinski definition) is 2. The van der Waals surface area contributed by atoms with Gasteiger partial charge in [0.25, 0.3) is 0 Å². The molecule has 84 valence electrons. The van der Waals surface area contributed by atoms with Crippen molar-refractivity contribution in [1.29, 1.82) is 0 Å². The van der Waals surface area contributed by atoms with Crippen LogP contribution in [0.2, 0.25) is 0 Å². The lowest BCUT2D eigenvalue weighted by molar-refractivity contribution is -0.124. The zero-order chi connectivity index (χ0) is 11.6. The fourth-order valence-electron chi connectivity index (χ4n) is 1.22. The molecule has 0 spiro atoms. The lowest BCUT2D eigenvalue weighted by Gasteiger charge is -2.14. The topological polar surface area (TPSA) is 72.9 Å². The maximum atomic E-state index is 11.7. The first-order chi connectivity index (χ1) is 6.91. The van der Waals surface area contributed by atoms with E-state index in [0.29, 0.717) is 5.82 Å². The van der Waals surface area contributed by atoms with Crippen molar-refractivity contribution in [2.24, 2.45) is 0 Å². The fraction of sp³-hybridized carbons (Fsp3) is 0.600. The van der Waals surface area contributed by atoms with Crippen molar-refractivity contribution in [3.05, 3.63) is 11.8 Å². The molecule has 0 aromatic carbocycles. The van der Waals surface area contributed by atoms with Gasteiger partial charge in [-0.2, -0.15) is 5.10 Å². The van der Waals surface area contributed by atoms with Crippen molar-refractivity contribution in [2.75, 3.05) is 5.73 Å². The Hall–Kier alpha value is -1.52. The smallest absolute Gasteiger partial charge is 0.244 e. The number of nitrogen functional groups attached to an aromatic ring is 1. The highest BCUT2D eigenvalue weighted by Crippen LogP contribution is 2.12. The molecule has 0 aliphatic rings. The number of amides is 1. The summed E-state index contributed by atoms with van der Waals surface area (Å²) in [7, 11) is 0. The van der Waals surface area contributed by atoms with Crippen LogP contribution in [0.25, 0.3) is 0 Å². The molecule has 1 amide bonds. The van der Waals surface area contributed by atoms with E-state index in [9.17, 15) is 4.79 Å². The van der Waals surface area contributed by atoms with E-state index >= 15 is 0 Å². The summed E-state index contributed by atoms with van der Waals surface area (Å²) in [6, 6.07) is -0.197. The number of rotatable bonds is 3. The van der Waals surface area contributed by atoms with Gasteiger partial charge in [0.15, 0.2) is 0 Å². The number of carbonyl (C=O) groups is 1. The van der Waals surface area contributed by atoms with Crippen LogP contribution in [-0.2, 0) is 4.79 Å². The normalized spacial score (nSPS) is 12.9. The van der Waals surface area contributed by atoms with Gasteiger partial charge in [-0.05, 0) is 27.7 Å². The monoisotopic (exact) mass is 210 g/mol. The molecular formula is C10H18N4O. The Bertz CT molecular complexity index is 337. The third-order valence-electron chi connectivity index (χ3n) is 2.16. The van der Waals surface area contributed by atoms with Crippen molar-refractivity contribution in [1.82, 2.24) is 15.1 Å². The van der Waals surface area contributed by atoms with E-state index in [1.165, 1.54) is 0 Å². The number of carbonyl (C=O) groups excluding carboxylic acids is 1. The molecule has 1 aromatic heterocycles. The predicted octanol–water partition coefficient (Wildman–Crippen LogP) is 0.859. The highest BCUT2D eigenvalue weighted by molar-refractivity contribution is 5.80. The quantitative estimate of drug-likeness (QED) is 0.777. The summed E-state index contributed by atoms with van der Waals surface area (Å²) in [6.45, 7) is 7.51. The molecule has 0 saturated heterocycles. The summed E-state index contributed by atoms with van der Waals surface area (Å²) < 4.78 is 1.59. The molecule has 1 unspecified atom stereocenters. The van der Waals surface area contributed by atoms with Gasteiger partial charge in [0.1, 0.15) is 11.9 Å². The van der Waals surface area contributed by atoms with E-state index in [-0.39, 0.29) is 18.0 Å². The van der Waals surface area contributed by atoms with Gasteiger partial charge in [-0.15, -0.1) is 0 Å². The van der Waals surface area contributed by atoms with Crippen LogP contribution >= 0.6 is 0 Å². The molecule has 15 heavy (non-hydrogen) atoms. The summed E-state index contributed by atoms with van der Waals surface area (Å²) >= 11 is 0. The summed E-state index contributed by atoms with van der Waals surface area (Å²) in [5.74, 6) is 0.423. The first kappa shape index (κ1) is 11.6. The molecule has 0 aliphatic carbocycles. The van der Waals surface area contributed by atoms with Crippen LogP contribution in [-0.4, -0.2) is 21.7 Å². The van der Waals surface area contributed by atoms with Gasteiger partial charge < -0.3 is 11.1 Å². The summed E-state index contributed by atoms with van der Waals surface area (Å²) in [5, 5.41) is 6.90. The summed E-state index contributed by atoms with van der Waals surface area (Å²) in [5.41, 5.74) is 6.50. The van der Waals surface area contributed by atoms with Crippen LogP contribution in [0, 0.1) is 6.92 Å². The number of nitrogens with zero attached hydrogens (tertiary/aromatic N) is 2. The summed E-state index contributed by atoms with van der Waals surface area (Å²) in [4.78, 5) is 11.7. The van der Waals surface area contributed by atoms with Gasteiger partial charge in [-0.25, -0.2) is 0 Å². The average molecular weight is 210 g/mol. The van der Waals surface area contributed by atoms with E-state index < -0.39 is 0 Å². The maximum Gasteiger partial charge on any atom is 0.244 e. The number of aryl methyl sites for hydroxylation is 1. The van der Waals surface area contributed by atoms with E-state index in [2.05, 4.69) is 10.4 Å². The van der Waals surface area contributed by atoms with E-state index in [4.69, 9.17) is 5.73 Å². The minimum atomic E-state index is -0.330. The summed E-state index contributed by atoms with van der Waals surface area (Å²) in [6.07, 6.45) is 1.78. The first-order valence-electron chi connectivity index (χ1n) is 5.03. The van der Waals surface area contributed by atoms with E-state index in [1.807, 2.05) is 20.8 Å². The number of anilines is 1. The number of nitrogens with one attached hydrogen (secondary N) is 1. The predicted molar refractivity (Wildman–Crippen MR) is 59.4 cm³/mol. The molecule has 0 radical (unpaired) electrons. The Labute approximate surface area is 89.6 Å². The zero-order valence-electron chi connectivity index (χ0n) is 9.61. The second-order valence-corrected chi connectivity index (χ2v) is 4.02.